The van der Waals surface area contributed by atoms with Crippen molar-refractivity contribution in [1.29, 1.82) is 0 Å². The molecule has 15 heavy (non-hydrogen) atoms. The molecule has 0 fully saturated rings. The van der Waals surface area contributed by atoms with Gasteiger partial charge >= 0.3 is 0 Å². The molecular weight excluding hydrogens is 208 g/mol. The van der Waals surface area contributed by atoms with Crippen LogP contribution in [0, 0.1) is 0 Å². The molecule has 0 bridgehead atoms. The van der Waals surface area contributed by atoms with Crippen molar-refractivity contribution in [2.24, 2.45) is 0 Å². The first-order valence-corrected chi connectivity index (χ1v) is 5.56. The number of rotatable bonds is 2. The summed E-state index contributed by atoms with van der Waals surface area (Å²) in [7, 11) is 0. The van der Waals surface area contributed by atoms with Crippen molar-refractivity contribution in [3.8, 4) is 0 Å². The molecule has 2 aliphatic carbocycles. The summed E-state index contributed by atoms with van der Waals surface area (Å²) in [5.74, 6) is 0.283. The van der Waals surface area contributed by atoms with E-state index in [2.05, 4.69) is 0 Å². The fraction of sp³-hybridized carbons (Fsp3) is 0.167. The van der Waals surface area contributed by atoms with E-state index in [9.17, 15) is 9.59 Å². The Balaban J connectivity index is 1.99. The third-order valence-corrected chi connectivity index (χ3v) is 3.19. The van der Waals surface area contributed by atoms with Gasteiger partial charge in [0.15, 0.2) is 11.6 Å². The molecule has 0 aromatic rings. The van der Waals surface area contributed by atoms with E-state index >= 15 is 0 Å². The first-order valence-electron chi connectivity index (χ1n) is 4.74. The Morgan fingerprint density at radius 2 is 1.27 bits per heavy atom. The number of allylic oxidation sites excluding steroid dienone is 6. The largest absolute Gasteiger partial charge is 0.295 e. The highest BCUT2D eigenvalue weighted by Crippen LogP contribution is 2.31. The molecule has 0 aromatic heterocycles. The molecule has 0 N–H and O–H groups in total. The molecule has 2 nitrogen and oxygen atoms in total. The summed E-state index contributed by atoms with van der Waals surface area (Å²) in [6.45, 7) is 0. The van der Waals surface area contributed by atoms with Gasteiger partial charge in [0.2, 0.25) is 0 Å². The van der Waals surface area contributed by atoms with Crippen molar-refractivity contribution < 1.29 is 9.59 Å². The molecule has 0 amide bonds. The van der Waals surface area contributed by atoms with Crippen molar-refractivity contribution in [1.82, 2.24) is 0 Å². The number of thioether (sulfide) groups is 1. The van der Waals surface area contributed by atoms with E-state index in [-0.39, 0.29) is 11.6 Å². The van der Waals surface area contributed by atoms with E-state index in [0.717, 1.165) is 9.81 Å². The first kappa shape index (κ1) is 10.2. The molecule has 0 aliphatic heterocycles. The summed E-state index contributed by atoms with van der Waals surface area (Å²) in [6.07, 6.45) is 11.6. The van der Waals surface area contributed by atoms with Crippen LogP contribution < -0.4 is 0 Å². The van der Waals surface area contributed by atoms with Crippen LogP contribution in [-0.4, -0.2) is 11.6 Å². The lowest BCUT2D eigenvalue weighted by molar-refractivity contribution is -0.114. The van der Waals surface area contributed by atoms with E-state index in [1.165, 1.54) is 0 Å². The zero-order valence-corrected chi connectivity index (χ0v) is 8.92. The van der Waals surface area contributed by atoms with Crippen LogP contribution in [0.2, 0.25) is 0 Å². The number of carbonyl (C=O) groups excluding carboxylic acids is 2. The van der Waals surface area contributed by atoms with E-state index in [1.54, 1.807) is 23.9 Å². The second-order valence-corrected chi connectivity index (χ2v) is 4.47. The smallest absolute Gasteiger partial charge is 0.159 e. The van der Waals surface area contributed by atoms with Gasteiger partial charge in [0.25, 0.3) is 0 Å². The first-order chi connectivity index (χ1) is 7.24. The third-order valence-electron chi connectivity index (χ3n) is 2.11. The lowest BCUT2D eigenvalue weighted by atomic mass is 10.2. The van der Waals surface area contributed by atoms with Gasteiger partial charge in [-0.05, 0) is 24.3 Å². The van der Waals surface area contributed by atoms with Crippen LogP contribution in [0.1, 0.15) is 12.8 Å². The summed E-state index contributed by atoms with van der Waals surface area (Å²) in [5.41, 5.74) is 0. The van der Waals surface area contributed by atoms with Crippen LogP contribution in [0.15, 0.2) is 46.3 Å². The minimum atomic E-state index is 0.141. The Morgan fingerprint density at radius 1 is 0.800 bits per heavy atom. The molecule has 2 aliphatic rings. The molecule has 76 valence electrons. The fourth-order valence-corrected chi connectivity index (χ4v) is 2.19. The molecule has 0 aromatic carbocycles. The highest BCUT2D eigenvalue weighted by Gasteiger charge is 2.08. The quantitative estimate of drug-likeness (QED) is 0.714. The highest BCUT2D eigenvalue weighted by molar-refractivity contribution is 8.07. The number of hydrogen-bond donors (Lipinski definition) is 0. The van der Waals surface area contributed by atoms with Gasteiger partial charge in [0.1, 0.15) is 0 Å². The maximum absolute atomic E-state index is 10.9. The monoisotopic (exact) mass is 218 g/mol. The number of hydrogen-bond acceptors (Lipinski definition) is 3. The van der Waals surface area contributed by atoms with E-state index in [4.69, 9.17) is 0 Å². The Bertz CT molecular complexity index is 385. The molecule has 2 rings (SSSR count). The molecule has 0 radical (unpaired) electrons. The van der Waals surface area contributed by atoms with Crippen LogP contribution in [0.5, 0.6) is 0 Å². The third kappa shape index (κ3) is 2.80. The second kappa shape index (κ2) is 4.45. The van der Waals surface area contributed by atoms with Crippen molar-refractivity contribution in [2.75, 3.05) is 0 Å². The normalized spacial score (nSPS) is 20.3. The molecule has 0 saturated heterocycles. The summed E-state index contributed by atoms with van der Waals surface area (Å²) in [4.78, 5) is 24.0. The summed E-state index contributed by atoms with van der Waals surface area (Å²) in [5, 5.41) is 0. The van der Waals surface area contributed by atoms with E-state index < -0.39 is 0 Å². The lowest BCUT2D eigenvalue weighted by Gasteiger charge is -2.08. The molecule has 0 spiro atoms. The minimum Gasteiger partial charge on any atom is -0.295 e. The average molecular weight is 218 g/mol. The Labute approximate surface area is 92.4 Å². The van der Waals surface area contributed by atoms with Crippen molar-refractivity contribution in [2.45, 2.75) is 12.8 Å². The minimum absolute atomic E-state index is 0.141. The zero-order chi connectivity index (χ0) is 10.7. The Morgan fingerprint density at radius 3 is 1.60 bits per heavy atom. The lowest BCUT2D eigenvalue weighted by Crippen LogP contribution is -1.97. The topological polar surface area (TPSA) is 34.1 Å². The second-order valence-electron chi connectivity index (χ2n) is 3.32. The van der Waals surface area contributed by atoms with Crippen molar-refractivity contribution in [3.63, 3.8) is 0 Å². The number of carbonyl (C=O) groups is 2. The van der Waals surface area contributed by atoms with Crippen molar-refractivity contribution in [3.05, 3.63) is 46.3 Å². The van der Waals surface area contributed by atoms with Gasteiger partial charge in [-0.1, -0.05) is 23.9 Å². The Kier molecular flexibility index (Phi) is 3.02. The van der Waals surface area contributed by atoms with Crippen molar-refractivity contribution >= 4 is 23.3 Å². The average Bonchev–Trinajstić information content (AvgIpc) is 2.25. The maximum Gasteiger partial charge on any atom is 0.159 e. The van der Waals surface area contributed by atoms with Gasteiger partial charge in [-0.2, -0.15) is 0 Å². The van der Waals surface area contributed by atoms with Crippen LogP contribution >= 0.6 is 11.8 Å². The SMILES string of the molecule is O=C1C=CC(SC2=CCC(=O)C=C2)=CC1. The number of ketones is 2. The summed E-state index contributed by atoms with van der Waals surface area (Å²) >= 11 is 1.59. The van der Waals surface area contributed by atoms with Crippen LogP contribution in [0.25, 0.3) is 0 Å². The molecule has 0 atom stereocenters. The van der Waals surface area contributed by atoms with Gasteiger partial charge in [0.05, 0.1) is 0 Å². The Hall–Kier alpha value is -1.35. The summed E-state index contributed by atoms with van der Waals surface area (Å²) < 4.78 is 0. The van der Waals surface area contributed by atoms with Crippen LogP contribution in [0.4, 0.5) is 0 Å². The van der Waals surface area contributed by atoms with Gasteiger partial charge < -0.3 is 0 Å². The fourth-order valence-electron chi connectivity index (χ4n) is 1.31. The van der Waals surface area contributed by atoms with E-state index in [0.29, 0.717) is 12.8 Å². The predicted molar refractivity (Wildman–Crippen MR) is 61.3 cm³/mol. The molecule has 0 unspecified atom stereocenters. The van der Waals surface area contributed by atoms with Crippen LogP contribution in [0.3, 0.4) is 0 Å². The van der Waals surface area contributed by atoms with E-state index in [1.807, 2.05) is 24.3 Å². The van der Waals surface area contributed by atoms with Gasteiger partial charge in [-0.15, -0.1) is 0 Å². The van der Waals surface area contributed by atoms with Crippen LogP contribution in [-0.2, 0) is 9.59 Å². The molecule has 0 heterocycles. The van der Waals surface area contributed by atoms with Gasteiger partial charge in [0, 0.05) is 22.7 Å². The van der Waals surface area contributed by atoms with Gasteiger partial charge in [-0.3, -0.25) is 9.59 Å². The highest BCUT2D eigenvalue weighted by atomic mass is 32.2. The molecule has 3 heteroatoms. The van der Waals surface area contributed by atoms with Gasteiger partial charge in [-0.25, -0.2) is 0 Å². The zero-order valence-electron chi connectivity index (χ0n) is 8.10. The predicted octanol–water partition coefficient (Wildman–Crippen LogP) is 2.55. The summed E-state index contributed by atoms with van der Waals surface area (Å²) in [6, 6.07) is 0. The molecule has 0 saturated carbocycles. The molecular formula is C12H10O2S. The standard InChI is InChI=1S/C12H10O2S/c13-9-1-5-11(6-2-9)15-12-7-3-10(14)4-8-12/h1,3,5-8H,2,4H2. The maximum atomic E-state index is 10.9.